The fraction of sp³-hybridized carbons (Fsp3) is 0.292. The largest absolute Gasteiger partial charge is 0.334 e. The van der Waals surface area contributed by atoms with E-state index in [-0.39, 0.29) is 5.91 Å². The average molecular weight is 341 g/mol. The summed E-state index contributed by atoms with van der Waals surface area (Å²) in [5.74, 6) is 6.84. The number of likely N-dealkylation sites (tertiary alicyclic amines) is 1. The van der Waals surface area contributed by atoms with E-state index in [1.54, 1.807) is 0 Å². The van der Waals surface area contributed by atoms with Crippen LogP contribution in [0.25, 0.3) is 0 Å². The Hall–Kier alpha value is -2.79. The van der Waals surface area contributed by atoms with E-state index in [1.807, 2.05) is 53.4 Å². The van der Waals surface area contributed by atoms with Crippen molar-refractivity contribution in [2.45, 2.75) is 37.6 Å². The molecule has 130 valence electrons. The number of carbonyl (C=O) groups is 1. The number of allylic oxidation sites excluding steroid dienone is 2. The van der Waals surface area contributed by atoms with Gasteiger partial charge in [0.1, 0.15) is 0 Å². The van der Waals surface area contributed by atoms with Gasteiger partial charge in [0, 0.05) is 6.54 Å². The van der Waals surface area contributed by atoms with Gasteiger partial charge in [0.15, 0.2) is 5.41 Å². The van der Waals surface area contributed by atoms with Crippen LogP contribution in [0.4, 0.5) is 0 Å². The zero-order chi connectivity index (χ0) is 17.8. The van der Waals surface area contributed by atoms with E-state index in [1.165, 1.54) is 18.4 Å². The fourth-order valence-corrected chi connectivity index (χ4v) is 3.78. The molecule has 1 saturated heterocycles. The first kappa shape index (κ1) is 16.7. The maximum atomic E-state index is 13.2. The molecule has 1 fully saturated rings. The van der Waals surface area contributed by atoms with Crippen molar-refractivity contribution in [3.8, 4) is 11.8 Å². The molecule has 2 heteroatoms. The van der Waals surface area contributed by atoms with Crippen LogP contribution in [0.1, 0.15) is 36.8 Å². The van der Waals surface area contributed by atoms with Crippen LogP contribution >= 0.6 is 0 Å². The van der Waals surface area contributed by atoms with Crippen LogP contribution in [0.2, 0.25) is 0 Å². The first-order valence-electron chi connectivity index (χ1n) is 9.39. The highest BCUT2D eigenvalue weighted by molar-refractivity contribution is 5.98. The van der Waals surface area contributed by atoms with Crippen LogP contribution in [-0.4, -0.2) is 17.4 Å². The van der Waals surface area contributed by atoms with Crippen molar-refractivity contribution < 1.29 is 4.79 Å². The molecule has 0 saturated carbocycles. The minimum Gasteiger partial charge on any atom is -0.334 e. The zero-order valence-corrected chi connectivity index (χ0v) is 14.9. The Balaban J connectivity index is 1.61. The lowest BCUT2D eigenvalue weighted by Gasteiger charge is -2.46. The quantitative estimate of drug-likeness (QED) is 0.596. The van der Waals surface area contributed by atoms with E-state index in [0.29, 0.717) is 13.1 Å². The van der Waals surface area contributed by atoms with E-state index in [9.17, 15) is 4.79 Å². The summed E-state index contributed by atoms with van der Waals surface area (Å²) >= 11 is 0. The van der Waals surface area contributed by atoms with Crippen molar-refractivity contribution in [2.75, 3.05) is 6.54 Å². The summed E-state index contributed by atoms with van der Waals surface area (Å²) in [4.78, 5) is 15.1. The Kier molecular flexibility index (Phi) is 4.63. The summed E-state index contributed by atoms with van der Waals surface area (Å²) in [6, 6.07) is 20.2. The first-order chi connectivity index (χ1) is 12.8. The minimum absolute atomic E-state index is 0.122. The van der Waals surface area contributed by atoms with Gasteiger partial charge in [0.2, 0.25) is 5.91 Å². The molecule has 1 heterocycles. The third-order valence-corrected chi connectivity index (χ3v) is 5.29. The van der Waals surface area contributed by atoms with Gasteiger partial charge in [-0.3, -0.25) is 4.79 Å². The topological polar surface area (TPSA) is 20.3 Å². The third-order valence-electron chi connectivity index (χ3n) is 5.29. The molecule has 1 aliphatic carbocycles. The molecule has 0 unspecified atom stereocenters. The van der Waals surface area contributed by atoms with Gasteiger partial charge < -0.3 is 4.90 Å². The summed E-state index contributed by atoms with van der Waals surface area (Å²) in [7, 11) is 0. The maximum absolute atomic E-state index is 13.2. The summed E-state index contributed by atoms with van der Waals surface area (Å²) in [6.45, 7) is 1.31. The van der Waals surface area contributed by atoms with Crippen molar-refractivity contribution in [2.24, 2.45) is 0 Å². The highest BCUT2D eigenvalue weighted by Crippen LogP contribution is 2.37. The maximum Gasteiger partial charge on any atom is 0.247 e. The van der Waals surface area contributed by atoms with Gasteiger partial charge in [-0.15, -0.1) is 0 Å². The van der Waals surface area contributed by atoms with Crippen LogP contribution in [0, 0.1) is 11.8 Å². The lowest BCUT2D eigenvalue weighted by atomic mass is 9.72. The summed E-state index contributed by atoms with van der Waals surface area (Å²) in [5.41, 5.74) is 2.68. The second-order valence-electron chi connectivity index (χ2n) is 7.14. The molecule has 2 nitrogen and oxygen atoms in total. The number of benzene rings is 2. The molecule has 0 aromatic heterocycles. The summed E-state index contributed by atoms with van der Waals surface area (Å²) < 4.78 is 0. The molecule has 0 radical (unpaired) electrons. The third kappa shape index (κ3) is 3.18. The van der Waals surface area contributed by atoms with Crippen LogP contribution in [0.15, 0.2) is 72.3 Å². The Morgan fingerprint density at radius 3 is 2.35 bits per heavy atom. The number of amides is 1. The Bertz CT molecular complexity index is 873. The zero-order valence-electron chi connectivity index (χ0n) is 14.9. The summed E-state index contributed by atoms with van der Waals surface area (Å²) in [6.07, 6.45) is 6.84. The number of hydrogen-bond acceptors (Lipinski definition) is 1. The highest BCUT2D eigenvalue weighted by atomic mass is 16.2. The van der Waals surface area contributed by atoms with Gasteiger partial charge in [-0.1, -0.05) is 78.6 Å². The first-order valence-corrected chi connectivity index (χ1v) is 9.39. The van der Waals surface area contributed by atoms with Crippen LogP contribution in [0.5, 0.6) is 0 Å². The van der Waals surface area contributed by atoms with E-state index in [0.717, 1.165) is 24.0 Å². The smallest absolute Gasteiger partial charge is 0.247 e. The second-order valence-corrected chi connectivity index (χ2v) is 7.14. The average Bonchev–Trinajstić information content (AvgIpc) is 2.72. The van der Waals surface area contributed by atoms with Gasteiger partial charge in [-0.2, -0.15) is 0 Å². The Morgan fingerprint density at radius 2 is 1.69 bits per heavy atom. The summed E-state index contributed by atoms with van der Waals surface area (Å²) in [5, 5.41) is 0. The molecule has 1 amide bonds. The lowest BCUT2D eigenvalue weighted by Crippen LogP contribution is -2.63. The molecule has 0 bridgehead atoms. The SMILES string of the molecule is O=C1N(Cc2ccccc2)C[C@@]1(C#CC1=CCCCC1)c1ccccc1. The van der Waals surface area contributed by atoms with Crippen molar-refractivity contribution in [3.63, 3.8) is 0 Å². The van der Waals surface area contributed by atoms with Gasteiger partial charge in [0.05, 0.1) is 6.54 Å². The Morgan fingerprint density at radius 1 is 0.962 bits per heavy atom. The molecule has 4 rings (SSSR count). The molecule has 26 heavy (non-hydrogen) atoms. The van der Waals surface area contributed by atoms with Gasteiger partial charge in [-0.25, -0.2) is 0 Å². The predicted molar refractivity (Wildman–Crippen MR) is 104 cm³/mol. The van der Waals surface area contributed by atoms with Gasteiger partial charge in [0.25, 0.3) is 0 Å². The second kappa shape index (κ2) is 7.22. The molecule has 0 spiro atoms. The number of nitrogens with zero attached hydrogens (tertiary/aromatic N) is 1. The molecule has 2 aliphatic rings. The molecule has 1 atom stereocenters. The highest BCUT2D eigenvalue weighted by Gasteiger charge is 2.52. The minimum atomic E-state index is -0.686. The normalized spacial score (nSPS) is 22.1. The van der Waals surface area contributed by atoms with Crippen LogP contribution in [0.3, 0.4) is 0 Å². The van der Waals surface area contributed by atoms with E-state index in [2.05, 4.69) is 30.0 Å². The predicted octanol–water partition coefficient (Wildman–Crippen LogP) is 4.47. The standard InChI is InChI=1S/C24H23NO/c26-23-24(22-14-8-3-9-15-22,17-16-20-10-4-1-5-11-20)19-25(23)18-21-12-6-2-7-13-21/h2-3,6-10,12-15H,1,4-5,11,18-19H2/t24-/m0/s1. The number of hydrogen-bond donors (Lipinski definition) is 0. The van der Waals surface area contributed by atoms with E-state index >= 15 is 0 Å². The van der Waals surface area contributed by atoms with E-state index in [4.69, 9.17) is 0 Å². The van der Waals surface area contributed by atoms with Crippen molar-refractivity contribution >= 4 is 5.91 Å². The number of carbonyl (C=O) groups excluding carboxylic acids is 1. The van der Waals surface area contributed by atoms with Gasteiger partial charge in [-0.05, 0) is 42.4 Å². The molecule has 1 aliphatic heterocycles. The molecule has 2 aromatic rings. The number of β-lactam (4-membered cyclic amide) rings is 1. The van der Waals surface area contributed by atoms with Crippen LogP contribution in [-0.2, 0) is 16.8 Å². The van der Waals surface area contributed by atoms with E-state index < -0.39 is 5.41 Å². The fourth-order valence-electron chi connectivity index (χ4n) is 3.78. The van der Waals surface area contributed by atoms with Crippen LogP contribution < -0.4 is 0 Å². The number of rotatable bonds is 3. The lowest BCUT2D eigenvalue weighted by molar-refractivity contribution is -0.148. The molecule has 0 N–H and O–H groups in total. The Labute approximate surface area is 155 Å². The molecule has 2 aromatic carbocycles. The molecular formula is C24H23NO. The van der Waals surface area contributed by atoms with Crippen molar-refractivity contribution in [1.29, 1.82) is 0 Å². The van der Waals surface area contributed by atoms with Crippen molar-refractivity contribution in [3.05, 3.63) is 83.4 Å². The monoisotopic (exact) mass is 341 g/mol. The van der Waals surface area contributed by atoms with Gasteiger partial charge >= 0.3 is 0 Å². The molecular weight excluding hydrogens is 318 g/mol. The van der Waals surface area contributed by atoms with Crippen molar-refractivity contribution in [1.82, 2.24) is 4.90 Å².